The number of para-hydroxylation sites is 1. The minimum absolute atomic E-state index is 0.148. The van der Waals surface area contributed by atoms with Crippen LogP contribution in [0.4, 0.5) is 0 Å². The number of hydrogen-bond acceptors (Lipinski definition) is 3. The molecule has 5 rings (SSSR count). The Morgan fingerprint density at radius 1 is 0.848 bits per heavy atom. The van der Waals surface area contributed by atoms with E-state index in [1.807, 2.05) is 109 Å². The van der Waals surface area contributed by atoms with Crippen molar-refractivity contribution in [3.8, 4) is 22.6 Å². The number of nitrogens with one attached hydrogen (secondary N) is 1. The number of amides is 1. The van der Waals surface area contributed by atoms with Gasteiger partial charge in [0.1, 0.15) is 5.69 Å². The van der Waals surface area contributed by atoms with Crippen molar-refractivity contribution >= 4 is 5.91 Å². The maximum Gasteiger partial charge on any atom is 0.255 e. The lowest BCUT2D eigenvalue weighted by Gasteiger charge is -2.08. The maximum atomic E-state index is 13.4. The molecule has 0 aliphatic heterocycles. The van der Waals surface area contributed by atoms with E-state index < -0.39 is 0 Å². The molecule has 5 aromatic rings. The molecule has 162 valence electrons. The Morgan fingerprint density at radius 3 is 2.21 bits per heavy atom. The van der Waals surface area contributed by atoms with Gasteiger partial charge in [0, 0.05) is 24.5 Å². The van der Waals surface area contributed by atoms with Crippen LogP contribution in [0.5, 0.6) is 0 Å². The summed E-state index contributed by atoms with van der Waals surface area (Å²) in [5.74, 6) is -0.148. The summed E-state index contributed by atoms with van der Waals surface area (Å²) in [6.07, 6.45) is 3.64. The number of aromatic nitrogens is 4. The van der Waals surface area contributed by atoms with Crippen molar-refractivity contribution in [1.82, 2.24) is 24.9 Å². The molecule has 2 aromatic heterocycles. The first-order valence-corrected chi connectivity index (χ1v) is 10.8. The molecule has 2 heterocycles. The minimum Gasteiger partial charge on any atom is -0.348 e. The molecule has 1 amide bonds. The van der Waals surface area contributed by atoms with Crippen LogP contribution in [-0.4, -0.2) is 25.5 Å². The molecule has 0 saturated heterocycles. The zero-order valence-electron chi connectivity index (χ0n) is 18.2. The third-order valence-electron chi connectivity index (χ3n) is 5.55. The molecule has 0 radical (unpaired) electrons. The highest BCUT2D eigenvalue weighted by Crippen LogP contribution is 2.27. The summed E-state index contributed by atoms with van der Waals surface area (Å²) in [7, 11) is 0. The quantitative estimate of drug-likeness (QED) is 0.411. The minimum atomic E-state index is -0.148. The first kappa shape index (κ1) is 20.5. The first-order valence-electron chi connectivity index (χ1n) is 10.8. The average molecular weight is 434 g/mol. The highest BCUT2D eigenvalue weighted by molar-refractivity contribution is 6.01. The number of rotatable bonds is 6. The SMILES string of the molecule is Cc1c(C(=O)NCc2ccc(-n3cccn3)cc2)c(-c2ccccc2)nn1-c1ccccc1. The fourth-order valence-corrected chi connectivity index (χ4v) is 3.85. The molecule has 6 nitrogen and oxygen atoms in total. The van der Waals surface area contributed by atoms with Crippen LogP contribution in [0.3, 0.4) is 0 Å². The van der Waals surface area contributed by atoms with Gasteiger partial charge in [-0.1, -0.05) is 60.7 Å². The Balaban J connectivity index is 1.43. The summed E-state index contributed by atoms with van der Waals surface area (Å²) in [4.78, 5) is 13.4. The van der Waals surface area contributed by atoms with Gasteiger partial charge in [0.05, 0.1) is 22.6 Å². The predicted octanol–water partition coefficient (Wildman–Crippen LogP) is 4.96. The molecule has 0 atom stereocenters. The molecule has 0 bridgehead atoms. The molecule has 3 aromatic carbocycles. The van der Waals surface area contributed by atoms with Gasteiger partial charge in [-0.05, 0) is 42.8 Å². The highest BCUT2D eigenvalue weighted by Gasteiger charge is 2.23. The molecular weight excluding hydrogens is 410 g/mol. The standard InChI is InChI=1S/C27H23N5O/c1-20-25(27(33)28-19-21-13-15-23(16-14-21)31-18-8-17-29-31)26(22-9-4-2-5-10-22)30-32(20)24-11-6-3-7-12-24/h2-18H,19H2,1H3,(H,28,33). The van der Waals surface area contributed by atoms with Crippen LogP contribution in [0, 0.1) is 6.92 Å². The summed E-state index contributed by atoms with van der Waals surface area (Å²) >= 11 is 0. The Labute approximate surface area is 192 Å². The number of nitrogens with zero attached hydrogens (tertiary/aromatic N) is 4. The van der Waals surface area contributed by atoms with Gasteiger partial charge in [-0.3, -0.25) is 4.79 Å². The van der Waals surface area contributed by atoms with Crippen molar-refractivity contribution in [2.45, 2.75) is 13.5 Å². The molecule has 1 N–H and O–H groups in total. The van der Waals surface area contributed by atoms with E-state index in [-0.39, 0.29) is 5.91 Å². The molecule has 6 heteroatoms. The van der Waals surface area contributed by atoms with Gasteiger partial charge in [-0.25, -0.2) is 9.36 Å². The van der Waals surface area contributed by atoms with Crippen LogP contribution in [0.1, 0.15) is 21.6 Å². The van der Waals surface area contributed by atoms with Gasteiger partial charge >= 0.3 is 0 Å². The second-order valence-electron chi connectivity index (χ2n) is 7.72. The zero-order chi connectivity index (χ0) is 22.6. The predicted molar refractivity (Wildman–Crippen MR) is 128 cm³/mol. The van der Waals surface area contributed by atoms with Crippen LogP contribution in [0.2, 0.25) is 0 Å². The smallest absolute Gasteiger partial charge is 0.255 e. The van der Waals surface area contributed by atoms with Crippen molar-refractivity contribution in [3.05, 3.63) is 120 Å². The van der Waals surface area contributed by atoms with Gasteiger partial charge in [0.25, 0.3) is 5.91 Å². The largest absolute Gasteiger partial charge is 0.348 e. The Bertz CT molecular complexity index is 1360. The van der Waals surface area contributed by atoms with Crippen molar-refractivity contribution in [2.24, 2.45) is 0 Å². The molecule has 0 unspecified atom stereocenters. The first-order chi connectivity index (χ1) is 16.2. The summed E-state index contributed by atoms with van der Waals surface area (Å²) < 4.78 is 3.63. The van der Waals surface area contributed by atoms with E-state index in [0.717, 1.165) is 28.2 Å². The molecule has 33 heavy (non-hydrogen) atoms. The Hall–Kier alpha value is -4.45. The number of hydrogen-bond donors (Lipinski definition) is 1. The van der Waals surface area contributed by atoms with Crippen molar-refractivity contribution in [3.63, 3.8) is 0 Å². The van der Waals surface area contributed by atoms with E-state index in [1.54, 1.807) is 10.9 Å². The summed E-state index contributed by atoms with van der Waals surface area (Å²) in [6, 6.07) is 29.5. The summed E-state index contributed by atoms with van der Waals surface area (Å²) in [5.41, 5.74) is 5.85. The van der Waals surface area contributed by atoms with Gasteiger partial charge in [0.15, 0.2) is 0 Å². The number of carbonyl (C=O) groups excluding carboxylic acids is 1. The summed E-state index contributed by atoms with van der Waals surface area (Å²) in [6.45, 7) is 2.35. The number of benzene rings is 3. The lowest BCUT2D eigenvalue weighted by Crippen LogP contribution is -2.24. The zero-order valence-corrected chi connectivity index (χ0v) is 18.2. The molecule has 0 spiro atoms. The van der Waals surface area contributed by atoms with Crippen molar-refractivity contribution in [1.29, 1.82) is 0 Å². The van der Waals surface area contributed by atoms with E-state index in [0.29, 0.717) is 17.8 Å². The van der Waals surface area contributed by atoms with Crippen molar-refractivity contribution in [2.75, 3.05) is 0 Å². The normalized spacial score (nSPS) is 10.8. The molecule has 0 aliphatic carbocycles. The molecular formula is C27H23N5O. The Kier molecular flexibility index (Phi) is 5.55. The third kappa shape index (κ3) is 4.19. The van der Waals surface area contributed by atoms with Crippen LogP contribution < -0.4 is 5.32 Å². The fraction of sp³-hybridized carbons (Fsp3) is 0.0741. The van der Waals surface area contributed by atoms with Gasteiger partial charge in [-0.2, -0.15) is 10.2 Å². The highest BCUT2D eigenvalue weighted by atomic mass is 16.1. The lowest BCUT2D eigenvalue weighted by atomic mass is 10.1. The van der Waals surface area contributed by atoms with Gasteiger partial charge in [-0.15, -0.1) is 0 Å². The van der Waals surface area contributed by atoms with Crippen LogP contribution in [0.15, 0.2) is 103 Å². The van der Waals surface area contributed by atoms with E-state index in [2.05, 4.69) is 10.4 Å². The monoisotopic (exact) mass is 433 g/mol. The van der Waals surface area contributed by atoms with Gasteiger partial charge in [0.2, 0.25) is 0 Å². The fourth-order valence-electron chi connectivity index (χ4n) is 3.85. The van der Waals surface area contributed by atoms with Crippen molar-refractivity contribution < 1.29 is 4.79 Å². The van der Waals surface area contributed by atoms with Crippen LogP contribution in [-0.2, 0) is 6.54 Å². The lowest BCUT2D eigenvalue weighted by molar-refractivity contribution is 0.0951. The summed E-state index contributed by atoms with van der Waals surface area (Å²) in [5, 5.41) is 12.1. The third-order valence-corrected chi connectivity index (χ3v) is 5.55. The maximum absolute atomic E-state index is 13.4. The molecule has 0 saturated carbocycles. The van der Waals surface area contributed by atoms with E-state index >= 15 is 0 Å². The Morgan fingerprint density at radius 2 is 1.55 bits per heavy atom. The molecule has 0 fully saturated rings. The van der Waals surface area contributed by atoms with Crippen LogP contribution >= 0.6 is 0 Å². The second-order valence-corrected chi connectivity index (χ2v) is 7.72. The second kappa shape index (κ2) is 8.96. The average Bonchev–Trinajstić information content (AvgIpc) is 3.52. The molecule has 0 aliphatic rings. The van der Waals surface area contributed by atoms with E-state index in [1.165, 1.54) is 0 Å². The van der Waals surface area contributed by atoms with Crippen LogP contribution in [0.25, 0.3) is 22.6 Å². The topological polar surface area (TPSA) is 64.7 Å². The van der Waals surface area contributed by atoms with E-state index in [9.17, 15) is 4.79 Å². The van der Waals surface area contributed by atoms with Gasteiger partial charge < -0.3 is 5.32 Å². The van der Waals surface area contributed by atoms with E-state index in [4.69, 9.17) is 5.10 Å². The number of carbonyl (C=O) groups is 1.